The molecule has 0 amide bonds. The van der Waals surface area contributed by atoms with Gasteiger partial charge in [-0.05, 0) is 12.1 Å². The van der Waals surface area contributed by atoms with Gasteiger partial charge in [-0.15, -0.1) is 0 Å². The molecule has 2 rings (SSSR count). The highest BCUT2D eigenvalue weighted by Gasteiger charge is 2.41. The Hall–Kier alpha value is -2.29. The Labute approximate surface area is 125 Å². The van der Waals surface area contributed by atoms with Gasteiger partial charge in [0, 0.05) is 12.5 Å². The van der Waals surface area contributed by atoms with Crippen molar-refractivity contribution in [2.45, 2.75) is 30.8 Å². The van der Waals surface area contributed by atoms with Gasteiger partial charge in [0.2, 0.25) is 0 Å². The molecule has 8 heteroatoms. The molecule has 0 aliphatic heterocycles. The third kappa shape index (κ3) is 3.30. The van der Waals surface area contributed by atoms with E-state index in [4.69, 9.17) is 9.84 Å². The summed E-state index contributed by atoms with van der Waals surface area (Å²) < 4.78 is 5.40. The number of carbonyl (C=O) groups is 1. The fourth-order valence-corrected chi connectivity index (χ4v) is 2.21. The molecule has 0 saturated heterocycles. The van der Waals surface area contributed by atoms with Crippen molar-refractivity contribution in [1.82, 2.24) is 0 Å². The van der Waals surface area contributed by atoms with Crippen LogP contribution in [0.25, 0.3) is 0 Å². The number of rotatable bonds is 5. The monoisotopic (exact) mass is 309 g/mol. The van der Waals surface area contributed by atoms with E-state index in [1.807, 2.05) is 0 Å². The molecular weight excluding hydrogens is 294 g/mol. The third-order valence-corrected chi connectivity index (χ3v) is 3.45. The molecule has 1 aliphatic carbocycles. The molecule has 0 radical (unpaired) electrons. The van der Waals surface area contributed by atoms with Gasteiger partial charge >= 0.3 is 5.97 Å². The van der Waals surface area contributed by atoms with Crippen LogP contribution < -0.4 is 0 Å². The molecule has 1 aliphatic rings. The van der Waals surface area contributed by atoms with Crippen LogP contribution in [0.3, 0.4) is 0 Å². The number of aliphatic carboxylic acids is 1. The smallest absolute Gasteiger partial charge is 0.339 e. The van der Waals surface area contributed by atoms with Crippen molar-refractivity contribution in [3.63, 3.8) is 0 Å². The molecule has 1 aromatic carbocycles. The zero-order chi connectivity index (χ0) is 16.3. The van der Waals surface area contributed by atoms with E-state index in [1.54, 1.807) is 6.07 Å². The van der Waals surface area contributed by atoms with Gasteiger partial charge in [-0.25, -0.2) is 4.79 Å². The standard InChI is InChI=1S/C14H15NO7/c16-11-7-14(19,13(17)18)6-5-12(11)22-8-9-3-1-2-4-10(9)15(20)21/h1-6,11-12,16,19H,7-8H2,(H,17,18)/t11-,12-,14+/m1/s1. The lowest BCUT2D eigenvalue weighted by molar-refractivity contribution is -0.386. The largest absolute Gasteiger partial charge is 0.479 e. The predicted molar refractivity (Wildman–Crippen MR) is 74.0 cm³/mol. The zero-order valence-corrected chi connectivity index (χ0v) is 11.5. The molecule has 22 heavy (non-hydrogen) atoms. The number of aliphatic hydroxyl groups is 2. The lowest BCUT2D eigenvalue weighted by Crippen LogP contribution is -2.46. The SMILES string of the molecule is O=C(O)[C@]1(O)C=C[C@@H](OCc2ccccc2[N+](=O)[O-])[C@H](O)C1. The molecule has 0 spiro atoms. The average molecular weight is 309 g/mol. The van der Waals surface area contributed by atoms with Gasteiger partial charge in [0.1, 0.15) is 6.10 Å². The van der Waals surface area contributed by atoms with Crippen molar-refractivity contribution in [2.75, 3.05) is 0 Å². The molecule has 3 N–H and O–H groups in total. The van der Waals surface area contributed by atoms with E-state index < -0.39 is 35.1 Å². The quantitative estimate of drug-likeness (QED) is 0.413. The van der Waals surface area contributed by atoms with E-state index in [2.05, 4.69) is 0 Å². The first-order valence-electron chi connectivity index (χ1n) is 6.50. The maximum atomic E-state index is 10.9. The molecule has 0 fully saturated rings. The highest BCUT2D eigenvalue weighted by atomic mass is 16.6. The number of aliphatic hydroxyl groups excluding tert-OH is 1. The lowest BCUT2D eigenvalue weighted by Gasteiger charge is -2.31. The Morgan fingerprint density at radius 3 is 2.73 bits per heavy atom. The summed E-state index contributed by atoms with van der Waals surface area (Å²) in [5, 5.41) is 39.4. The second kappa shape index (κ2) is 6.22. The summed E-state index contributed by atoms with van der Waals surface area (Å²) in [5.74, 6) is -1.46. The average Bonchev–Trinajstić information content (AvgIpc) is 2.46. The molecule has 0 unspecified atom stereocenters. The number of nitro groups is 1. The van der Waals surface area contributed by atoms with Crippen molar-refractivity contribution in [3.8, 4) is 0 Å². The van der Waals surface area contributed by atoms with Crippen LogP contribution in [0, 0.1) is 10.1 Å². The van der Waals surface area contributed by atoms with Crippen molar-refractivity contribution in [3.05, 3.63) is 52.1 Å². The van der Waals surface area contributed by atoms with Crippen molar-refractivity contribution in [1.29, 1.82) is 0 Å². The number of carboxylic acid groups (broad SMARTS) is 1. The Morgan fingerprint density at radius 1 is 1.45 bits per heavy atom. The van der Waals surface area contributed by atoms with E-state index in [0.717, 1.165) is 6.08 Å². The molecule has 0 heterocycles. The fourth-order valence-electron chi connectivity index (χ4n) is 2.21. The Morgan fingerprint density at radius 2 is 2.14 bits per heavy atom. The van der Waals surface area contributed by atoms with Gasteiger partial charge in [-0.3, -0.25) is 10.1 Å². The van der Waals surface area contributed by atoms with Crippen LogP contribution in [0.4, 0.5) is 5.69 Å². The van der Waals surface area contributed by atoms with Gasteiger partial charge < -0.3 is 20.1 Å². The molecule has 0 saturated carbocycles. The van der Waals surface area contributed by atoms with Crippen molar-refractivity contribution < 1.29 is 29.8 Å². The van der Waals surface area contributed by atoms with Crippen LogP contribution in [-0.2, 0) is 16.1 Å². The summed E-state index contributed by atoms with van der Waals surface area (Å²) in [4.78, 5) is 21.3. The molecule has 1 aromatic rings. The van der Waals surface area contributed by atoms with Crippen molar-refractivity contribution in [2.24, 2.45) is 0 Å². The number of hydrogen-bond donors (Lipinski definition) is 3. The highest BCUT2D eigenvalue weighted by Crippen LogP contribution is 2.26. The first kappa shape index (κ1) is 16.1. The minimum atomic E-state index is -2.13. The number of hydrogen-bond acceptors (Lipinski definition) is 6. The van der Waals surface area contributed by atoms with Crippen LogP contribution in [0.1, 0.15) is 12.0 Å². The van der Waals surface area contributed by atoms with Crippen LogP contribution >= 0.6 is 0 Å². The van der Waals surface area contributed by atoms with Gasteiger partial charge in [-0.1, -0.05) is 18.2 Å². The van der Waals surface area contributed by atoms with E-state index in [-0.39, 0.29) is 12.3 Å². The summed E-state index contributed by atoms with van der Waals surface area (Å²) in [6.07, 6.45) is -0.197. The summed E-state index contributed by atoms with van der Waals surface area (Å²) in [7, 11) is 0. The van der Waals surface area contributed by atoms with Crippen LogP contribution in [0.15, 0.2) is 36.4 Å². The van der Waals surface area contributed by atoms with E-state index >= 15 is 0 Å². The maximum absolute atomic E-state index is 10.9. The Kier molecular flexibility index (Phi) is 4.55. The number of para-hydroxylation sites is 1. The Balaban J connectivity index is 2.07. The number of ether oxygens (including phenoxy) is 1. The second-order valence-electron chi connectivity index (χ2n) is 5.02. The third-order valence-electron chi connectivity index (χ3n) is 3.45. The molecule has 8 nitrogen and oxygen atoms in total. The minimum absolute atomic E-state index is 0.0983. The summed E-state index contributed by atoms with van der Waals surface area (Å²) in [5.41, 5.74) is -1.89. The van der Waals surface area contributed by atoms with Crippen LogP contribution in [0.2, 0.25) is 0 Å². The maximum Gasteiger partial charge on any atom is 0.339 e. The van der Waals surface area contributed by atoms with E-state index in [0.29, 0.717) is 5.56 Å². The van der Waals surface area contributed by atoms with E-state index in [1.165, 1.54) is 24.3 Å². The zero-order valence-electron chi connectivity index (χ0n) is 11.5. The summed E-state index contributed by atoms with van der Waals surface area (Å²) >= 11 is 0. The molecule has 118 valence electrons. The Bertz CT molecular complexity index is 615. The number of benzene rings is 1. The first-order chi connectivity index (χ1) is 10.3. The van der Waals surface area contributed by atoms with Crippen molar-refractivity contribution >= 4 is 11.7 Å². The van der Waals surface area contributed by atoms with Crippen LogP contribution in [-0.4, -0.2) is 44.0 Å². The van der Waals surface area contributed by atoms with Gasteiger partial charge in [0.05, 0.1) is 23.2 Å². The molecule has 0 bridgehead atoms. The summed E-state index contributed by atoms with van der Waals surface area (Å²) in [6.45, 7) is -0.116. The summed E-state index contributed by atoms with van der Waals surface area (Å²) in [6, 6.07) is 6.03. The van der Waals surface area contributed by atoms with Gasteiger partial charge in [-0.2, -0.15) is 0 Å². The topological polar surface area (TPSA) is 130 Å². The van der Waals surface area contributed by atoms with Crippen LogP contribution in [0.5, 0.6) is 0 Å². The number of nitrogens with zero attached hydrogens (tertiary/aromatic N) is 1. The molecule has 3 atom stereocenters. The highest BCUT2D eigenvalue weighted by molar-refractivity contribution is 5.80. The fraction of sp³-hybridized carbons (Fsp3) is 0.357. The van der Waals surface area contributed by atoms with E-state index in [9.17, 15) is 25.1 Å². The second-order valence-corrected chi connectivity index (χ2v) is 5.02. The molecule has 0 aromatic heterocycles. The normalized spacial score (nSPS) is 27.5. The number of nitro benzene ring substituents is 1. The van der Waals surface area contributed by atoms with Gasteiger partial charge in [0.25, 0.3) is 5.69 Å². The minimum Gasteiger partial charge on any atom is -0.479 e. The first-order valence-corrected chi connectivity index (χ1v) is 6.50. The molecular formula is C14H15NO7. The number of carboxylic acids is 1. The van der Waals surface area contributed by atoms with Gasteiger partial charge in [0.15, 0.2) is 5.60 Å². The lowest BCUT2D eigenvalue weighted by atomic mass is 9.87. The predicted octanol–water partition coefficient (Wildman–Crippen LogP) is 0.616.